The van der Waals surface area contributed by atoms with E-state index in [1.54, 1.807) is 12.1 Å². The standard InChI is InChI=1S/C32H40Cl2N6O3/c1-20-15-24(34)12-13-26(20)29(21-8-10-23(33)11-9-21)35-30(41)28-16-25(18-39(28)31(42)43-32(2,3)4)40-19-27(36-37-40)22-7-6-14-38(5)17-22/h8-13,15,19,22,25,28-29H,6-7,14,16-18H2,1-5H3,(H,35,41)/t22?,25?,28-,29?/m1/s1. The molecule has 3 unspecified atom stereocenters. The lowest BCUT2D eigenvalue weighted by Gasteiger charge is -2.29. The van der Waals surface area contributed by atoms with Gasteiger partial charge in [0.1, 0.15) is 11.6 Å². The van der Waals surface area contributed by atoms with Crippen molar-refractivity contribution in [1.82, 2.24) is 30.1 Å². The Morgan fingerprint density at radius 2 is 1.79 bits per heavy atom. The van der Waals surface area contributed by atoms with Gasteiger partial charge in [0.25, 0.3) is 0 Å². The number of carbonyl (C=O) groups excluding carboxylic acids is 2. The molecular weight excluding hydrogens is 587 g/mol. The lowest BCUT2D eigenvalue weighted by atomic mass is 9.94. The van der Waals surface area contributed by atoms with E-state index in [4.69, 9.17) is 27.9 Å². The number of nitrogens with one attached hydrogen (secondary N) is 1. The van der Waals surface area contributed by atoms with Crippen molar-refractivity contribution in [3.63, 3.8) is 0 Å². The molecule has 3 aromatic rings. The Kier molecular flexibility index (Phi) is 9.34. The van der Waals surface area contributed by atoms with Gasteiger partial charge >= 0.3 is 6.09 Å². The molecule has 2 aromatic carbocycles. The van der Waals surface area contributed by atoms with E-state index in [2.05, 4.69) is 27.6 Å². The molecule has 0 aliphatic carbocycles. The van der Waals surface area contributed by atoms with Crippen LogP contribution in [0.1, 0.15) is 80.4 Å². The Hall–Kier alpha value is -3.14. The number of piperidine rings is 1. The Bertz CT molecular complexity index is 1450. The van der Waals surface area contributed by atoms with Crippen LogP contribution in [0.15, 0.2) is 48.7 Å². The molecule has 0 spiro atoms. The molecule has 0 bridgehead atoms. The largest absolute Gasteiger partial charge is 0.444 e. The SMILES string of the molecule is Cc1cc(Cl)ccc1C(NC(=O)[C@H]1CC(n2cc(C3CCCN(C)C3)nn2)CN1C(=O)OC(C)(C)C)c1ccc(Cl)cc1. The zero-order valence-electron chi connectivity index (χ0n) is 25.4. The topological polar surface area (TPSA) is 92.6 Å². The van der Waals surface area contributed by atoms with Gasteiger partial charge in [0.05, 0.1) is 17.8 Å². The lowest BCUT2D eigenvalue weighted by Crippen LogP contribution is -2.48. The highest BCUT2D eigenvalue weighted by molar-refractivity contribution is 6.30. The van der Waals surface area contributed by atoms with Gasteiger partial charge in [-0.05, 0) is 95.1 Å². The van der Waals surface area contributed by atoms with E-state index in [0.717, 1.165) is 48.3 Å². The Morgan fingerprint density at radius 1 is 1.07 bits per heavy atom. The van der Waals surface area contributed by atoms with E-state index in [9.17, 15) is 9.59 Å². The van der Waals surface area contributed by atoms with Crippen molar-refractivity contribution in [2.24, 2.45) is 0 Å². The van der Waals surface area contributed by atoms with E-state index in [-0.39, 0.29) is 18.5 Å². The first-order chi connectivity index (χ1) is 20.4. The van der Waals surface area contributed by atoms with Crippen LogP contribution in [0.3, 0.4) is 0 Å². The maximum absolute atomic E-state index is 14.1. The molecule has 1 N–H and O–H groups in total. The number of hydrogen-bond acceptors (Lipinski definition) is 6. The minimum Gasteiger partial charge on any atom is -0.444 e. The van der Waals surface area contributed by atoms with Crippen molar-refractivity contribution in [1.29, 1.82) is 0 Å². The van der Waals surface area contributed by atoms with Crippen LogP contribution in [0.2, 0.25) is 10.0 Å². The third-order valence-electron chi connectivity index (χ3n) is 8.19. The highest BCUT2D eigenvalue weighted by Crippen LogP contribution is 2.33. The van der Waals surface area contributed by atoms with E-state index >= 15 is 0 Å². The maximum Gasteiger partial charge on any atom is 0.411 e. The molecule has 3 heterocycles. The summed E-state index contributed by atoms with van der Waals surface area (Å²) in [6, 6.07) is 11.5. The summed E-state index contributed by atoms with van der Waals surface area (Å²) >= 11 is 12.4. The molecule has 2 aliphatic heterocycles. The van der Waals surface area contributed by atoms with Crippen LogP contribution in [-0.4, -0.2) is 75.1 Å². The number of amides is 2. The highest BCUT2D eigenvalue weighted by atomic mass is 35.5. The van der Waals surface area contributed by atoms with Crippen molar-refractivity contribution in [3.8, 4) is 0 Å². The summed E-state index contributed by atoms with van der Waals surface area (Å²) in [6.07, 6.45) is 4.02. The van der Waals surface area contributed by atoms with Gasteiger partial charge in [0, 0.05) is 41.7 Å². The van der Waals surface area contributed by atoms with Crippen molar-refractivity contribution in [2.75, 3.05) is 26.7 Å². The van der Waals surface area contributed by atoms with Gasteiger partial charge in [-0.3, -0.25) is 9.69 Å². The van der Waals surface area contributed by atoms with Crippen LogP contribution in [0.5, 0.6) is 0 Å². The van der Waals surface area contributed by atoms with E-state index in [0.29, 0.717) is 22.4 Å². The third kappa shape index (κ3) is 7.51. The van der Waals surface area contributed by atoms with Crippen molar-refractivity contribution in [3.05, 3.63) is 81.1 Å². The number of likely N-dealkylation sites (tertiary alicyclic amines) is 2. The lowest BCUT2D eigenvalue weighted by molar-refractivity contribution is -0.126. The smallest absolute Gasteiger partial charge is 0.411 e. The average Bonchev–Trinajstić information content (AvgIpc) is 3.60. The van der Waals surface area contributed by atoms with Crippen LogP contribution in [0, 0.1) is 6.92 Å². The number of halogens is 2. The van der Waals surface area contributed by atoms with Gasteiger partial charge in [-0.2, -0.15) is 0 Å². The number of nitrogens with zero attached hydrogens (tertiary/aromatic N) is 5. The Morgan fingerprint density at radius 3 is 2.47 bits per heavy atom. The first kappa shape index (κ1) is 31.3. The summed E-state index contributed by atoms with van der Waals surface area (Å²) in [6.45, 7) is 9.72. The van der Waals surface area contributed by atoms with E-state index < -0.39 is 23.8 Å². The molecule has 2 saturated heterocycles. The summed E-state index contributed by atoms with van der Waals surface area (Å²) in [5, 5.41) is 13.4. The molecule has 230 valence electrons. The molecule has 9 nitrogen and oxygen atoms in total. The number of likely N-dealkylation sites (N-methyl/N-ethyl adjacent to an activating group) is 1. The second-order valence-electron chi connectivity index (χ2n) is 12.8. The molecule has 1 aromatic heterocycles. The number of ether oxygens (including phenoxy) is 1. The van der Waals surface area contributed by atoms with Crippen LogP contribution in [-0.2, 0) is 9.53 Å². The van der Waals surface area contributed by atoms with Crippen molar-refractivity contribution >= 4 is 35.2 Å². The maximum atomic E-state index is 14.1. The third-order valence-corrected chi connectivity index (χ3v) is 8.67. The summed E-state index contributed by atoms with van der Waals surface area (Å²) in [4.78, 5) is 31.4. The Labute approximate surface area is 263 Å². The molecule has 4 atom stereocenters. The van der Waals surface area contributed by atoms with Crippen LogP contribution in [0.25, 0.3) is 0 Å². The van der Waals surface area contributed by atoms with Gasteiger partial charge in [-0.25, -0.2) is 9.48 Å². The molecule has 0 radical (unpaired) electrons. The number of benzene rings is 2. The molecule has 11 heteroatoms. The first-order valence-electron chi connectivity index (χ1n) is 14.8. The Balaban J connectivity index is 1.42. The fraction of sp³-hybridized carbons (Fsp3) is 0.500. The average molecular weight is 628 g/mol. The van der Waals surface area contributed by atoms with Crippen LogP contribution >= 0.6 is 23.2 Å². The number of hydrogen-bond donors (Lipinski definition) is 1. The van der Waals surface area contributed by atoms with E-state index in [1.807, 2.05) is 68.9 Å². The number of aryl methyl sites for hydroxylation is 1. The van der Waals surface area contributed by atoms with Crippen molar-refractivity contribution < 1.29 is 14.3 Å². The zero-order valence-corrected chi connectivity index (χ0v) is 26.9. The summed E-state index contributed by atoms with van der Waals surface area (Å²) in [5.41, 5.74) is 2.93. The van der Waals surface area contributed by atoms with Crippen LogP contribution in [0.4, 0.5) is 4.79 Å². The summed E-state index contributed by atoms with van der Waals surface area (Å²) < 4.78 is 7.56. The van der Waals surface area contributed by atoms with Crippen LogP contribution < -0.4 is 5.32 Å². The van der Waals surface area contributed by atoms with Crippen molar-refractivity contribution in [2.45, 2.75) is 76.6 Å². The first-order valence-corrected chi connectivity index (χ1v) is 15.6. The number of carbonyl (C=O) groups is 2. The molecule has 2 amide bonds. The summed E-state index contributed by atoms with van der Waals surface area (Å²) in [7, 11) is 2.12. The normalized spacial score (nSPS) is 21.9. The molecule has 5 rings (SSSR count). The zero-order chi connectivity index (χ0) is 30.9. The molecular formula is C32H40Cl2N6O3. The predicted octanol–water partition coefficient (Wildman–Crippen LogP) is 6.16. The van der Waals surface area contributed by atoms with Gasteiger partial charge in [0.2, 0.25) is 5.91 Å². The van der Waals surface area contributed by atoms with E-state index in [1.165, 1.54) is 4.90 Å². The van der Waals surface area contributed by atoms with Gasteiger partial charge < -0.3 is 15.0 Å². The second kappa shape index (κ2) is 12.8. The number of rotatable bonds is 6. The second-order valence-corrected chi connectivity index (χ2v) is 13.6. The number of aromatic nitrogens is 3. The van der Waals surface area contributed by atoms with Gasteiger partial charge in [-0.15, -0.1) is 5.10 Å². The van der Waals surface area contributed by atoms with Gasteiger partial charge in [-0.1, -0.05) is 46.6 Å². The molecule has 2 aliphatic rings. The summed E-state index contributed by atoms with van der Waals surface area (Å²) in [5.74, 6) is 0.0367. The minimum absolute atomic E-state index is 0.225. The molecule has 43 heavy (non-hydrogen) atoms. The van der Waals surface area contributed by atoms with Gasteiger partial charge in [0.15, 0.2) is 0 Å². The fourth-order valence-electron chi connectivity index (χ4n) is 6.04. The fourth-order valence-corrected chi connectivity index (χ4v) is 6.39. The predicted molar refractivity (Wildman–Crippen MR) is 168 cm³/mol. The molecule has 0 saturated carbocycles. The highest BCUT2D eigenvalue weighted by Gasteiger charge is 2.43. The monoisotopic (exact) mass is 626 g/mol. The quantitative estimate of drug-likeness (QED) is 0.352. The minimum atomic E-state index is -0.768. The molecule has 2 fully saturated rings.